The molecule has 1 unspecified atom stereocenters. The van der Waals surface area contributed by atoms with E-state index < -0.39 is 11.7 Å². The van der Waals surface area contributed by atoms with Gasteiger partial charge in [0.15, 0.2) is 0 Å². The lowest BCUT2D eigenvalue weighted by molar-refractivity contribution is -0.137. The number of alkyl halides is 3. The van der Waals surface area contributed by atoms with E-state index >= 15 is 0 Å². The number of halogens is 3. The first kappa shape index (κ1) is 14.7. The predicted molar refractivity (Wildman–Crippen MR) is 72.1 cm³/mol. The van der Waals surface area contributed by atoms with Crippen LogP contribution >= 0.6 is 11.8 Å². The zero-order valence-electron chi connectivity index (χ0n) is 10.5. The lowest BCUT2D eigenvalue weighted by atomic mass is 10.0. The molecule has 0 bridgehead atoms. The molecule has 1 aromatic rings. The Morgan fingerprint density at radius 3 is 2.53 bits per heavy atom. The maximum Gasteiger partial charge on any atom is 0.416 e. The van der Waals surface area contributed by atoms with E-state index in [-0.39, 0.29) is 6.04 Å². The average molecular weight is 290 g/mol. The van der Waals surface area contributed by atoms with E-state index in [4.69, 9.17) is 5.73 Å². The van der Waals surface area contributed by atoms with Crippen molar-refractivity contribution in [3.05, 3.63) is 35.4 Å². The Kier molecular flexibility index (Phi) is 4.76. The summed E-state index contributed by atoms with van der Waals surface area (Å²) in [5, 5.41) is 0. The van der Waals surface area contributed by atoms with Crippen LogP contribution in [0.2, 0.25) is 0 Å². The van der Waals surface area contributed by atoms with Gasteiger partial charge < -0.3 is 5.73 Å². The molecule has 1 aliphatic heterocycles. The number of hydrogen-bond donors (Lipinski definition) is 1. The van der Waals surface area contributed by atoms with Crippen LogP contribution in [0.1, 0.15) is 17.2 Å². The first-order chi connectivity index (χ1) is 9.02. The first-order valence-corrected chi connectivity index (χ1v) is 7.37. The topological polar surface area (TPSA) is 29.3 Å². The van der Waals surface area contributed by atoms with Crippen LogP contribution in [0.3, 0.4) is 0 Å². The Balaban J connectivity index is 2.22. The lowest BCUT2D eigenvalue weighted by Crippen LogP contribution is -2.39. The highest BCUT2D eigenvalue weighted by molar-refractivity contribution is 7.99. The van der Waals surface area contributed by atoms with Gasteiger partial charge in [0.1, 0.15) is 0 Å². The van der Waals surface area contributed by atoms with E-state index in [0.29, 0.717) is 12.1 Å². The molecule has 0 amide bonds. The molecule has 106 valence electrons. The molecule has 0 saturated carbocycles. The van der Waals surface area contributed by atoms with E-state index in [2.05, 4.69) is 4.90 Å². The van der Waals surface area contributed by atoms with Crippen molar-refractivity contribution in [3.8, 4) is 0 Å². The summed E-state index contributed by atoms with van der Waals surface area (Å²) in [7, 11) is 0. The Bertz CT molecular complexity index is 417. The molecule has 0 aromatic heterocycles. The van der Waals surface area contributed by atoms with Crippen molar-refractivity contribution in [1.29, 1.82) is 0 Å². The zero-order valence-corrected chi connectivity index (χ0v) is 11.3. The van der Waals surface area contributed by atoms with Gasteiger partial charge in [0.25, 0.3) is 0 Å². The molecule has 0 aliphatic carbocycles. The maximum absolute atomic E-state index is 12.7. The van der Waals surface area contributed by atoms with E-state index in [9.17, 15) is 13.2 Å². The van der Waals surface area contributed by atoms with Crippen LogP contribution < -0.4 is 5.73 Å². The minimum atomic E-state index is -4.30. The van der Waals surface area contributed by atoms with Gasteiger partial charge in [-0.25, -0.2) is 0 Å². The Labute approximate surface area is 115 Å². The third-order valence-corrected chi connectivity index (χ3v) is 4.25. The minimum Gasteiger partial charge on any atom is -0.329 e. The van der Waals surface area contributed by atoms with Crippen LogP contribution in [0.5, 0.6) is 0 Å². The minimum absolute atomic E-state index is 0.122. The molecule has 2 rings (SSSR count). The molecule has 2 N–H and O–H groups in total. The summed E-state index contributed by atoms with van der Waals surface area (Å²) in [6.45, 7) is 2.09. The van der Waals surface area contributed by atoms with E-state index in [0.717, 1.165) is 30.7 Å². The summed E-state index contributed by atoms with van der Waals surface area (Å²) < 4.78 is 38.2. The lowest BCUT2D eigenvalue weighted by Gasteiger charge is -2.34. The van der Waals surface area contributed by atoms with Gasteiger partial charge in [0.05, 0.1) is 5.56 Å². The highest BCUT2D eigenvalue weighted by Gasteiger charge is 2.31. The number of rotatable bonds is 3. The van der Waals surface area contributed by atoms with Gasteiger partial charge in [-0.2, -0.15) is 24.9 Å². The molecule has 19 heavy (non-hydrogen) atoms. The second-order valence-electron chi connectivity index (χ2n) is 4.52. The van der Waals surface area contributed by atoms with Gasteiger partial charge >= 0.3 is 6.18 Å². The monoisotopic (exact) mass is 290 g/mol. The van der Waals surface area contributed by atoms with Gasteiger partial charge in [-0.1, -0.05) is 12.1 Å². The fourth-order valence-electron chi connectivity index (χ4n) is 2.31. The van der Waals surface area contributed by atoms with Crippen molar-refractivity contribution in [2.45, 2.75) is 12.2 Å². The second kappa shape index (κ2) is 6.15. The highest BCUT2D eigenvalue weighted by Crippen LogP contribution is 2.32. The van der Waals surface area contributed by atoms with Gasteiger partial charge in [-0.3, -0.25) is 4.90 Å². The molecule has 1 fully saturated rings. The summed E-state index contributed by atoms with van der Waals surface area (Å²) in [5.74, 6) is 2.02. The molecular weight excluding hydrogens is 273 g/mol. The zero-order chi connectivity index (χ0) is 13.9. The summed E-state index contributed by atoms with van der Waals surface area (Å²) in [6, 6.07) is 5.39. The quantitative estimate of drug-likeness (QED) is 0.928. The third kappa shape index (κ3) is 3.64. The molecule has 1 heterocycles. The molecule has 0 radical (unpaired) electrons. The molecule has 1 aromatic carbocycles. The Morgan fingerprint density at radius 2 is 1.95 bits per heavy atom. The highest BCUT2D eigenvalue weighted by atomic mass is 32.2. The summed E-state index contributed by atoms with van der Waals surface area (Å²) in [4.78, 5) is 2.17. The van der Waals surface area contributed by atoms with Gasteiger partial charge in [0.2, 0.25) is 0 Å². The molecule has 1 aliphatic rings. The Hall–Kier alpha value is -0.720. The largest absolute Gasteiger partial charge is 0.416 e. The van der Waals surface area contributed by atoms with Gasteiger partial charge in [-0.15, -0.1) is 0 Å². The summed E-state index contributed by atoms with van der Waals surface area (Å²) in [5.41, 5.74) is 5.82. The van der Waals surface area contributed by atoms with E-state index in [1.165, 1.54) is 12.1 Å². The third-order valence-electron chi connectivity index (χ3n) is 3.31. The average Bonchev–Trinajstić information content (AvgIpc) is 2.40. The fourth-order valence-corrected chi connectivity index (χ4v) is 3.24. The van der Waals surface area contributed by atoms with E-state index in [1.807, 2.05) is 11.8 Å². The van der Waals surface area contributed by atoms with Crippen molar-refractivity contribution in [3.63, 3.8) is 0 Å². The fraction of sp³-hybridized carbons (Fsp3) is 0.538. The number of nitrogens with zero attached hydrogens (tertiary/aromatic N) is 1. The van der Waals surface area contributed by atoms with Gasteiger partial charge in [-0.05, 0) is 17.7 Å². The van der Waals surface area contributed by atoms with Crippen LogP contribution in [-0.4, -0.2) is 36.0 Å². The summed E-state index contributed by atoms with van der Waals surface area (Å²) in [6.07, 6.45) is -4.30. The normalized spacial score (nSPS) is 19.4. The van der Waals surface area contributed by atoms with Crippen LogP contribution in [-0.2, 0) is 6.18 Å². The van der Waals surface area contributed by atoms with Crippen molar-refractivity contribution >= 4 is 11.8 Å². The smallest absolute Gasteiger partial charge is 0.329 e. The predicted octanol–water partition coefficient (Wildman–Crippen LogP) is 2.75. The van der Waals surface area contributed by atoms with Crippen LogP contribution in [0.25, 0.3) is 0 Å². The molecule has 1 saturated heterocycles. The van der Waals surface area contributed by atoms with Crippen LogP contribution in [0, 0.1) is 0 Å². The second-order valence-corrected chi connectivity index (χ2v) is 5.75. The van der Waals surface area contributed by atoms with Crippen molar-refractivity contribution in [1.82, 2.24) is 4.90 Å². The van der Waals surface area contributed by atoms with Crippen molar-refractivity contribution in [2.75, 3.05) is 31.1 Å². The van der Waals surface area contributed by atoms with Gasteiger partial charge in [0, 0.05) is 37.2 Å². The number of nitrogens with two attached hydrogens (primary N) is 1. The SMILES string of the molecule is NCC(c1cccc(C(F)(F)F)c1)N1CCSCC1. The van der Waals surface area contributed by atoms with Crippen LogP contribution in [0.4, 0.5) is 13.2 Å². The Morgan fingerprint density at radius 1 is 1.26 bits per heavy atom. The van der Waals surface area contributed by atoms with E-state index in [1.54, 1.807) is 6.07 Å². The number of hydrogen-bond acceptors (Lipinski definition) is 3. The molecule has 1 atom stereocenters. The van der Waals surface area contributed by atoms with Crippen molar-refractivity contribution < 1.29 is 13.2 Å². The molecule has 6 heteroatoms. The number of thioether (sulfide) groups is 1. The molecular formula is C13H17F3N2S. The first-order valence-electron chi connectivity index (χ1n) is 6.21. The summed E-state index contributed by atoms with van der Waals surface area (Å²) >= 11 is 1.87. The standard InChI is InChI=1S/C13H17F3N2S/c14-13(15,16)11-3-1-2-10(8-11)12(9-17)18-4-6-19-7-5-18/h1-3,8,12H,4-7,9,17H2. The van der Waals surface area contributed by atoms with Crippen LogP contribution in [0.15, 0.2) is 24.3 Å². The van der Waals surface area contributed by atoms with Crippen molar-refractivity contribution in [2.24, 2.45) is 5.73 Å². The molecule has 2 nitrogen and oxygen atoms in total. The number of benzene rings is 1. The maximum atomic E-state index is 12.7. The molecule has 0 spiro atoms.